The van der Waals surface area contributed by atoms with Crippen molar-refractivity contribution >= 4 is 9.84 Å². The first-order chi connectivity index (χ1) is 9.57. The van der Waals surface area contributed by atoms with Crippen LogP contribution in [0.4, 0.5) is 0 Å². The predicted octanol–water partition coefficient (Wildman–Crippen LogP) is 2.74. The summed E-state index contributed by atoms with van der Waals surface area (Å²) in [5, 5.41) is 8.56. The summed E-state index contributed by atoms with van der Waals surface area (Å²) in [7, 11) is -3.01. The summed E-state index contributed by atoms with van der Waals surface area (Å²) >= 11 is 0. The van der Waals surface area contributed by atoms with Gasteiger partial charge in [-0.15, -0.1) is 0 Å². The average molecular weight is 295 g/mol. The van der Waals surface area contributed by atoms with Crippen LogP contribution in [0, 0.1) is 11.3 Å². The van der Waals surface area contributed by atoms with E-state index in [2.05, 4.69) is 6.07 Å². The Labute approximate surface area is 121 Å². The van der Waals surface area contributed by atoms with E-state index in [1.807, 2.05) is 19.1 Å². The summed E-state index contributed by atoms with van der Waals surface area (Å²) in [5.41, 5.74) is 0.923. The highest BCUT2D eigenvalue weighted by molar-refractivity contribution is 7.91. The van der Waals surface area contributed by atoms with Crippen LogP contribution in [-0.2, 0) is 16.3 Å². The first-order valence-corrected chi connectivity index (χ1v) is 8.68. The number of rotatable bonds is 9. The van der Waals surface area contributed by atoms with E-state index in [-0.39, 0.29) is 18.1 Å². The molecule has 0 aliphatic heterocycles. The summed E-state index contributed by atoms with van der Waals surface area (Å²) < 4.78 is 28.9. The van der Waals surface area contributed by atoms with E-state index in [4.69, 9.17) is 10.00 Å². The van der Waals surface area contributed by atoms with Crippen molar-refractivity contribution < 1.29 is 13.2 Å². The second-order valence-corrected chi connectivity index (χ2v) is 6.99. The summed E-state index contributed by atoms with van der Waals surface area (Å²) in [4.78, 5) is 0. The molecule has 0 radical (unpaired) electrons. The minimum atomic E-state index is -3.01. The highest BCUT2D eigenvalue weighted by Gasteiger charge is 2.10. The van der Waals surface area contributed by atoms with Gasteiger partial charge in [-0.3, -0.25) is 0 Å². The number of unbranched alkanes of at least 4 members (excludes halogenated alkanes) is 2. The molecule has 0 aliphatic rings. The fourth-order valence-corrected chi connectivity index (χ4v) is 2.94. The molecule has 0 aromatic heterocycles. The fraction of sp³-hybridized carbons (Fsp3) is 0.533. The van der Waals surface area contributed by atoms with Gasteiger partial charge in [-0.25, -0.2) is 8.42 Å². The largest absolute Gasteiger partial charge is 0.493 e. The van der Waals surface area contributed by atoms with Gasteiger partial charge < -0.3 is 4.74 Å². The normalized spacial score (nSPS) is 11.0. The third-order valence-corrected chi connectivity index (χ3v) is 4.63. The molecule has 0 N–H and O–H groups in total. The highest BCUT2D eigenvalue weighted by Crippen LogP contribution is 2.12. The first-order valence-electron chi connectivity index (χ1n) is 6.86. The van der Waals surface area contributed by atoms with Crippen LogP contribution in [0.5, 0.6) is 5.75 Å². The Morgan fingerprint density at radius 2 is 1.85 bits per heavy atom. The van der Waals surface area contributed by atoms with Gasteiger partial charge in [-0.05, 0) is 24.1 Å². The summed E-state index contributed by atoms with van der Waals surface area (Å²) in [6, 6.07) is 9.22. The number of hydrogen-bond donors (Lipinski definition) is 0. The van der Waals surface area contributed by atoms with Gasteiger partial charge >= 0.3 is 0 Å². The van der Waals surface area contributed by atoms with Crippen molar-refractivity contribution in [2.24, 2.45) is 0 Å². The molecule has 20 heavy (non-hydrogen) atoms. The monoisotopic (exact) mass is 295 g/mol. The minimum absolute atomic E-state index is 0.0522. The maximum Gasteiger partial charge on any atom is 0.153 e. The van der Waals surface area contributed by atoms with Crippen LogP contribution in [0.25, 0.3) is 0 Å². The molecule has 1 aromatic carbocycles. The number of nitrogens with zero attached hydrogens (tertiary/aromatic N) is 1. The van der Waals surface area contributed by atoms with Crippen LogP contribution in [-0.4, -0.2) is 26.5 Å². The van der Waals surface area contributed by atoms with E-state index in [0.29, 0.717) is 12.2 Å². The van der Waals surface area contributed by atoms with Crippen LogP contribution in [0.1, 0.15) is 31.7 Å². The Bertz CT molecular complexity index is 529. The second kappa shape index (κ2) is 8.60. The average Bonchev–Trinajstić information content (AvgIpc) is 2.41. The molecular formula is C15H21NO3S. The summed E-state index contributed by atoms with van der Waals surface area (Å²) in [6.45, 7) is 2.22. The molecule has 0 aliphatic carbocycles. The van der Waals surface area contributed by atoms with E-state index in [1.165, 1.54) is 0 Å². The summed E-state index contributed by atoms with van der Waals surface area (Å²) in [6.07, 6.45) is 3.05. The molecule has 0 heterocycles. The van der Waals surface area contributed by atoms with Gasteiger partial charge in [0, 0.05) is 0 Å². The van der Waals surface area contributed by atoms with E-state index in [9.17, 15) is 8.42 Å². The Hall–Kier alpha value is -1.54. The van der Waals surface area contributed by atoms with Crippen molar-refractivity contribution in [3.8, 4) is 11.8 Å². The van der Waals surface area contributed by atoms with Gasteiger partial charge in [0.2, 0.25) is 0 Å². The molecule has 110 valence electrons. The quantitative estimate of drug-likeness (QED) is 0.657. The standard InChI is InChI=1S/C15H21NO3S/c1-2-3-4-12-20(17,18)13-11-19-15-7-5-14(6-8-15)9-10-16/h5-8H,2-4,9,11-13H2,1H3. The van der Waals surface area contributed by atoms with Crippen LogP contribution in [0.15, 0.2) is 24.3 Å². The Morgan fingerprint density at radius 1 is 1.15 bits per heavy atom. The van der Waals surface area contributed by atoms with Crippen molar-refractivity contribution in [2.75, 3.05) is 18.1 Å². The lowest BCUT2D eigenvalue weighted by molar-refractivity contribution is 0.340. The molecule has 0 atom stereocenters. The highest BCUT2D eigenvalue weighted by atomic mass is 32.2. The smallest absolute Gasteiger partial charge is 0.153 e. The predicted molar refractivity (Wildman–Crippen MR) is 79.4 cm³/mol. The minimum Gasteiger partial charge on any atom is -0.493 e. The lowest BCUT2D eigenvalue weighted by Crippen LogP contribution is -2.17. The van der Waals surface area contributed by atoms with E-state index in [0.717, 1.165) is 24.8 Å². The molecule has 0 spiro atoms. The van der Waals surface area contributed by atoms with Gasteiger partial charge in [0.25, 0.3) is 0 Å². The topological polar surface area (TPSA) is 67.2 Å². The zero-order chi connectivity index (χ0) is 14.8. The number of sulfone groups is 1. The van der Waals surface area contributed by atoms with Crippen molar-refractivity contribution in [2.45, 2.75) is 32.6 Å². The lowest BCUT2D eigenvalue weighted by Gasteiger charge is -2.07. The summed E-state index contributed by atoms with van der Waals surface area (Å²) in [5.74, 6) is 0.928. The second-order valence-electron chi connectivity index (χ2n) is 4.69. The number of hydrogen-bond acceptors (Lipinski definition) is 4. The molecule has 0 fully saturated rings. The van der Waals surface area contributed by atoms with Crippen LogP contribution in [0.2, 0.25) is 0 Å². The van der Waals surface area contributed by atoms with Crippen LogP contribution < -0.4 is 4.74 Å². The van der Waals surface area contributed by atoms with Gasteiger partial charge in [0.15, 0.2) is 9.84 Å². The Morgan fingerprint density at radius 3 is 2.45 bits per heavy atom. The third kappa shape index (κ3) is 6.58. The molecule has 1 aromatic rings. The maximum atomic E-state index is 11.7. The van der Waals surface area contributed by atoms with Gasteiger partial charge in [0.1, 0.15) is 12.4 Å². The first kappa shape index (κ1) is 16.5. The number of ether oxygens (including phenoxy) is 1. The zero-order valence-corrected chi connectivity index (χ0v) is 12.7. The van der Waals surface area contributed by atoms with E-state index in [1.54, 1.807) is 12.1 Å². The van der Waals surface area contributed by atoms with Crippen molar-refractivity contribution in [1.82, 2.24) is 0 Å². The molecule has 4 nitrogen and oxygen atoms in total. The van der Waals surface area contributed by atoms with Gasteiger partial charge in [-0.1, -0.05) is 31.9 Å². The molecule has 0 amide bonds. The molecule has 5 heteroatoms. The van der Waals surface area contributed by atoms with Gasteiger partial charge in [0.05, 0.1) is 24.0 Å². The van der Waals surface area contributed by atoms with Crippen molar-refractivity contribution in [1.29, 1.82) is 5.26 Å². The molecule has 0 saturated carbocycles. The zero-order valence-electron chi connectivity index (χ0n) is 11.8. The van der Waals surface area contributed by atoms with Crippen LogP contribution in [0.3, 0.4) is 0 Å². The fourth-order valence-electron chi connectivity index (χ4n) is 1.76. The van der Waals surface area contributed by atoms with E-state index < -0.39 is 9.84 Å². The molecular weight excluding hydrogens is 274 g/mol. The molecule has 1 rings (SSSR count). The number of nitriles is 1. The lowest BCUT2D eigenvalue weighted by atomic mass is 10.2. The maximum absolute atomic E-state index is 11.7. The van der Waals surface area contributed by atoms with Crippen LogP contribution >= 0.6 is 0 Å². The molecule has 0 unspecified atom stereocenters. The van der Waals surface area contributed by atoms with Crippen molar-refractivity contribution in [3.05, 3.63) is 29.8 Å². The Kier molecular flexibility index (Phi) is 7.10. The SMILES string of the molecule is CCCCCS(=O)(=O)CCOc1ccc(CC#N)cc1. The van der Waals surface area contributed by atoms with E-state index >= 15 is 0 Å². The Balaban J connectivity index is 2.34. The number of benzene rings is 1. The molecule has 0 saturated heterocycles. The third-order valence-electron chi connectivity index (χ3n) is 2.93. The van der Waals surface area contributed by atoms with Gasteiger partial charge in [-0.2, -0.15) is 5.26 Å². The van der Waals surface area contributed by atoms with Crippen molar-refractivity contribution in [3.63, 3.8) is 0 Å². The molecule has 0 bridgehead atoms.